The molecule has 32 heavy (non-hydrogen) atoms. The third kappa shape index (κ3) is 5.22. The van der Waals surface area contributed by atoms with E-state index in [1.54, 1.807) is 6.07 Å². The number of carboxylic acid groups (broad SMARTS) is 1. The minimum atomic E-state index is -4.44. The molecular weight excluding hydrogens is 421 g/mol. The zero-order chi connectivity index (χ0) is 22.9. The standard InChI is InChI=1S/C24H33F3N2O3/c1-28-11-8-23(9-12-28)7-2-10-29(23)16-17-13-19(24(25,26)27)15-21(14-17)32-20-5-3-18(4-6-20)22(30)31/h13-15,18,20H,2-12,16H2,1H3,(H,30,31). The van der Waals surface area contributed by atoms with Gasteiger partial charge in [0.25, 0.3) is 0 Å². The zero-order valence-electron chi connectivity index (χ0n) is 18.7. The zero-order valence-corrected chi connectivity index (χ0v) is 18.7. The Bertz CT molecular complexity index is 813. The molecule has 0 radical (unpaired) electrons. The highest BCUT2D eigenvalue weighted by Crippen LogP contribution is 2.40. The Labute approximate surface area is 187 Å². The quantitative estimate of drug-likeness (QED) is 0.694. The van der Waals surface area contributed by atoms with Crippen LogP contribution in [-0.2, 0) is 17.5 Å². The summed E-state index contributed by atoms with van der Waals surface area (Å²) < 4.78 is 46.9. The number of ether oxygens (including phenoxy) is 1. The number of piperidine rings is 1. The third-order valence-electron chi connectivity index (χ3n) is 7.65. The maximum Gasteiger partial charge on any atom is 0.416 e. The smallest absolute Gasteiger partial charge is 0.416 e. The molecule has 0 atom stereocenters. The first-order valence-electron chi connectivity index (χ1n) is 11.7. The van der Waals surface area contributed by atoms with Crippen molar-refractivity contribution in [3.63, 3.8) is 0 Å². The first-order valence-corrected chi connectivity index (χ1v) is 11.7. The summed E-state index contributed by atoms with van der Waals surface area (Å²) in [5.74, 6) is -0.948. The molecular formula is C24H33F3N2O3. The molecule has 0 aromatic heterocycles. The van der Waals surface area contributed by atoms with E-state index in [4.69, 9.17) is 9.84 Å². The van der Waals surface area contributed by atoms with Crippen LogP contribution in [0.25, 0.3) is 0 Å². The van der Waals surface area contributed by atoms with Crippen molar-refractivity contribution in [3.8, 4) is 5.75 Å². The van der Waals surface area contributed by atoms with Crippen LogP contribution in [0.4, 0.5) is 13.2 Å². The van der Waals surface area contributed by atoms with E-state index in [0.29, 0.717) is 37.8 Å². The normalized spacial score (nSPS) is 27.0. The summed E-state index contributed by atoms with van der Waals surface area (Å²) >= 11 is 0. The van der Waals surface area contributed by atoms with Crippen LogP contribution < -0.4 is 4.74 Å². The van der Waals surface area contributed by atoms with Crippen LogP contribution >= 0.6 is 0 Å². The summed E-state index contributed by atoms with van der Waals surface area (Å²) in [5, 5.41) is 9.16. The monoisotopic (exact) mass is 454 g/mol. The Morgan fingerprint density at radius 1 is 1.09 bits per heavy atom. The Kier molecular flexibility index (Phi) is 6.73. The van der Waals surface area contributed by atoms with Crippen molar-refractivity contribution in [2.45, 2.75) is 75.7 Å². The number of aliphatic carboxylic acids is 1. The molecule has 3 fully saturated rings. The van der Waals surface area contributed by atoms with Gasteiger partial charge in [0.1, 0.15) is 5.75 Å². The van der Waals surface area contributed by atoms with Crippen molar-refractivity contribution in [1.82, 2.24) is 9.80 Å². The molecule has 178 valence electrons. The summed E-state index contributed by atoms with van der Waals surface area (Å²) in [7, 11) is 2.12. The Hall–Kier alpha value is -1.80. The van der Waals surface area contributed by atoms with Gasteiger partial charge in [0.15, 0.2) is 0 Å². The van der Waals surface area contributed by atoms with Crippen LogP contribution in [0.15, 0.2) is 18.2 Å². The summed E-state index contributed by atoms with van der Waals surface area (Å²) in [5.41, 5.74) is 0.0480. The molecule has 1 spiro atoms. The second-order valence-electron chi connectivity index (χ2n) is 9.85. The van der Waals surface area contributed by atoms with E-state index in [0.717, 1.165) is 51.4 Å². The van der Waals surface area contributed by atoms with E-state index >= 15 is 0 Å². The van der Waals surface area contributed by atoms with Gasteiger partial charge >= 0.3 is 12.1 Å². The van der Waals surface area contributed by atoms with Crippen LogP contribution in [0.2, 0.25) is 0 Å². The van der Waals surface area contributed by atoms with Crippen LogP contribution in [0, 0.1) is 5.92 Å². The molecule has 1 aromatic rings. The summed E-state index contributed by atoms with van der Waals surface area (Å²) in [6.07, 6.45) is 1.70. The molecule has 1 aromatic carbocycles. The van der Waals surface area contributed by atoms with Gasteiger partial charge in [-0.05, 0) is 102 Å². The SMILES string of the molecule is CN1CCC2(CCCN2Cc2cc(OC3CCC(C(=O)O)CC3)cc(C(F)(F)F)c2)CC1. The minimum absolute atomic E-state index is 0.0942. The number of hydrogen-bond donors (Lipinski definition) is 1. The molecule has 2 saturated heterocycles. The average molecular weight is 455 g/mol. The third-order valence-corrected chi connectivity index (χ3v) is 7.65. The molecule has 0 unspecified atom stereocenters. The molecule has 1 saturated carbocycles. The lowest BCUT2D eigenvalue weighted by atomic mass is 9.85. The molecule has 1 aliphatic carbocycles. The van der Waals surface area contributed by atoms with E-state index in [2.05, 4.69) is 16.8 Å². The number of nitrogens with zero attached hydrogens (tertiary/aromatic N) is 2. The summed E-state index contributed by atoms with van der Waals surface area (Å²) in [6.45, 7) is 3.45. The number of halogens is 3. The minimum Gasteiger partial charge on any atom is -0.490 e. The van der Waals surface area contributed by atoms with Gasteiger partial charge in [-0.15, -0.1) is 0 Å². The lowest BCUT2D eigenvalue weighted by Crippen LogP contribution is -2.50. The largest absolute Gasteiger partial charge is 0.490 e. The van der Waals surface area contributed by atoms with E-state index in [-0.39, 0.29) is 23.3 Å². The summed E-state index contributed by atoms with van der Waals surface area (Å²) in [6, 6.07) is 4.09. The molecule has 8 heteroatoms. The predicted molar refractivity (Wildman–Crippen MR) is 115 cm³/mol. The van der Waals surface area contributed by atoms with Gasteiger partial charge in [-0.25, -0.2) is 0 Å². The number of carbonyl (C=O) groups is 1. The number of benzene rings is 1. The van der Waals surface area contributed by atoms with Gasteiger partial charge in [0, 0.05) is 12.1 Å². The fraction of sp³-hybridized carbons (Fsp3) is 0.708. The molecule has 0 bridgehead atoms. The Morgan fingerprint density at radius 3 is 2.41 bits per heavy atom. The van der Waals surface area contributed by atoms with Gasteiger partial charge in [-0.2, -0.15) is 13.2 Å². The first-order chi connectivity index (χ1) is 15.1. The van der Waals surface area contributed by atoms with E-state index in [1.165, 1.54) is 6.07 Å². The maximum absolute atomic E-state index is 13.6. The van der Waals surface area contributed by atoms with Crippen LogP contribution in [-0.4, -0.2) is 59.2 Å². The molecule has 1 N–H and O–H groups in total. The van der Waals surface area contributed by atoms with E-state index in [9.17, 15) is 18.0 Å². The average Bonchev–Trinajstić information content (AvgIpc) is 3.11. The van der Waals surface area contributed by atoms with Crippen LogP contribution in [0.5, 0.6) is 5.75 Å². The number of likely N-dealkylation sites (tertiary alicyclic amines) is 2. The van der Waals surface area contributed by atoms with Gasteiger partial charge in [-0.3, -0.25) is 9.69 Å². The predicted octanol–water partition coefficient (Wildman–Crippen LogP) is 4.79. The van der Waals surface area contributed by atoms with Crippen LogP contribution in [0.1, 0.15) is 62.5 Å². The highest BCUT2D eigenvalue weighted by Gasteiger charge is 2.42. The van der Waals surface area contributed by atoms with Crippen molar-refractivity contribution in [3.05, 3.63) is 29.3 Å². The molecule has 2 aliphatic heterocycles. The lowest BCUT2D eigenvalue weighted by Gasteiger charge is -2.44. The molecule has 5 nitrogen and oxygen atoms in total. The van der Waals surface area contributed by atoms with E-state index < -0.39 is 17.7 Å². The van der Waals surface area contributed by atoms with Crippen molar-refractivity contribution in [2.75, 3.05) is 26.7 Å². The number of alkyl halides is 3. The summed E-state index contributed by atoms with van der Waals surface area (Å²) in [4.78, 5) is 15.9. The maximum atomic E-state index is 13.6. The molecule has 2 heterocycles. The van der Waals surface area contributed by atoms with Crippen LogP contribution in [0.3, 0.4) is 0 Å². The van der Waals surface area contributed by atoms with Crippen molar-refractivity contribution in [2.24, 2.45) is 5.92 Å². The van der Waals surface area contributed by atoms with Gasteiger partial charge in [0.05, 0.1) is 17.6 Å². The second kappa shape index (κ2) is 9.21. The Morgan fingerprint density at radius 2 is 1.78 bits per heavy atom. The molecule has 0 amide bonds. The van der Waals surface area contributed by atoms with Crippen molar-refractivity contribution in [1.29, 1.82) is 0 Å². The van der Waals surface area contributed by atoms with Gasteiger partial charge in [-0.1, -0.05) is 0 Å². The second-order valence-corrected chi connectivity index (χ2v) is 9.85. The first kappa shape index (κ1) is 23.4. The fourth-order valence-corrected chi connectivity index (χ4v) is 5.67. The highest BCUT2D eigenvalue weighted by molar-refractivity contribution is 5.70. The Balaban J connectivity index is 1.50. The molecule has 4 rings (SSSR count). The van der Waals surface area contributed by atoms with Gasteiger partial charge < -0.3 is 14.7 Å². The topological polar surface area (TPSA) is 53.0 Å². The van der Waals surface area contributed by atoms with Crippen molar-refractivity contribution < 1.29 is 27.8 Å². The lowest BCUT2D eigenvalue weighted by molar-refractivity contribution is -0.143. The van der Waals surface area contributed by atoms with E-state index in [1.807, 2.05) is 0 Å². The number of rotatable bonds is 5. The molecule has 3 aliphatic rings. The number of hydrogen-bond acceptors (Lipinski definition) is 4. The number of carboxylic acids is 1. The van der Waals surface area contributed by atoms with Gasteiger partial charge in [0.2, 0.25) is 0 Å². The van der Waals surface area contributed by atoms with Crippen molar-refractivity contribution >= 4 is 5.97 Å². The highest BCUT2D eigenvalue weighted by atomic mass is 19.4. The fourth-order valence-electron chi connectivity index (χ4n) is 5.67.